The molecule has 3 aromatic rings. The van der Waals surface area contributed by atoms with E-state index in [0.717, 1.165) is 43.7 Å². The second-order valence-corrected chi connectivity index (χ2v) is 9.97. The van der Waals surface area contributed by atoms with Crippen molar-refractivity contribution in [1.29, 1.82) is 0 Å². The van der Waals surface area contributed by atoms with Crippen LogP contribution >= 0.6 is 0 Å². The Morgan fingerprint density at radius 3 is 2.46 bits per heavy atom. The van der Waals surface area contributed by atoms with Gasteiger partial charge in [0.25, 0.3) is 0 Å². The third-order valence-electron chi connectivity index (χ3n) is 7.60. The van der Waals surface area contributed by atoms with Crippen molar-refractivity contribution in [3.63, 3.8) is 0 Å². The topological polar surface area (TPSA) is 66.3 Å². The molecule has 1 heterocycles. The van der Waals surface area contributed by atoms with Crippen LogP contribution in [0.25, 0.3) is 11.3 Å². The van der Waals surface area contributed by atoms with E-state index in [1.165, 1.54) is 11.9 Å². The van der Waals surface area contributed by atoms with Gasteiger partial charge in [0.2, 0.25) is 5.91 Å². The van der Waals surface area contributed by atoms with E-state index in [4.69, 9.17) is 9.97 Å². The first-order valence-electron chi connectivity index (χ1n) is 12.5. The second-order valence-electron chi connectivity index (χ2n) is 9.97. The normalized spacial score (nSPS) is 15.0. The maximum absolute atomic E-state index is 14.5. The fraction of sp³-hybridized carbons (Fsp3) is 0.393. The van der Waals surface area contributed by atoms with E-state index in [1.54, 1.807) is 12.1 Å². The van der Waals surface area contributed by atoms with Gasteiger partial charge in [-0.2, -0.15) is 0 Å². The lowest BCUT2D eigenvalue weighted by molar-refractivity contribution is -0.117. The summed E-state index contributed by atoms with van der Waals surface area (Å²) >= 11 is 0. The number of anilines is 1. The van der Waals surface area contributed by atoms with E-state index < -0.39 is 46.7 Å². The second kappa shape index (κ2) is 9.76. The standard InChI is InChI=1S/C28H27F4N3O2/c1-14-19(24(30)26(32)25(31)23(14)29)13-22(37)35(2)28-21(11-15-5-3-4-6-15)33-27-18-9-8-17(36)12-16(18)7-10-20(27)34-28/h8-9,12,15,36H,3-7,10-11,13H2,1-2H3. The van der Waals surface area contributed by atoms with Crippen molar-refractivity contribution in [3.8, 4) is 17.0 Å². The molecule has 0 bridgehead atoms. The molecular weight excluding hydrogens is 486 g/mol. The highest BCUT2D eigenvalue weighted by molar-refractivity contribution is 5.94. The molecule has 194 valence electrons. The summed E-state index contributed by atoms with van der Waals surface area (Å²) in [5, 5.41) is 9.89. The minimum absolute atomic E-state index is 0.180. The summed E-state index contributed by atoms with van der Waals surface area (Å²) in [6.45, 7) is 1.11. The van der Waals surface area contributed by atoms with E-state index in [-0.39, 0.29) is 5.75 Å². The molecule has 1 aromatic heterocycles. The number of aromatic nitrogens is 2. The number of carbonyl (C=O) groups excluding carboxylic acids is 1. The molecule has 5 rings (SSSR count). The Balaban J connectivity index is 1.53. The van der Waals surface area contributed by atoms with E-state index in [0.29, 0.717) is 48.1 Å². The van der Waals surface area contributed by atoms with E-state index >= 15 is 0 Å². The lowest BCUT2D eigenvalue weighted by atomic mass is 9.91. The minimum Gasteiger partial charge on any atom is -0.508 e. The Hall–Kier alpha value is -3.49. The number of benzene rings is 2. The fourth-order valence-electron chi connectivity index (χ4n) is 5.43. The van der Waals surface area contributed by atoms with Crippen LogP contribution in [0.15, 0.2) is 18.2 Å². The smallest absolute Gasteiger partial charge is 0.232 e. The molecule has 1 saturated carbocycles. The maximum atomic E-state index is 14.5. The Labute approximate surface area is 212 Å². The van der Waals surface area contributed by atoms with Crippen LogP contribution in [0.4, 0.5) is 23.4 Å². The molecule has 2 aromatic carbocycles. The minimum atomic E-state index is -1.94. The van der Waals surface area contributed by atoms with Gasteiger partial charge in [-0.1, -0.05) is 25.7 Å². The van der Waals surface area contributed by atoms with Crippen molar-refractivity contribution in [2.24, 2.45) is 5.92 Å². The highest BCUT2D eigenvalue weighted by atomic mass is 19.2. The number of rotatable bonds is 5. The largest absolute Gasteiger partial charge is 0.508 e. The van der Waals surface area contributed by atoms with Gasteiger partial charge in [-0.15, -0.1) is 0 Å². The van der Waals surface area contributed by atoms with Crippen molar-refractivity contribution < 1.29 is 27.5 Å². The number of hydrogen-bond acceptors (Lipinski definition) is 4. The van der Waals surface area contributed by atoms with Gasteiger partial charge in [-0.3, -0.25) is 9.69 Å². The summed E-state index contributed by atoms with van der Waals surface area (Å²) in [5.74, 6) is -6.65. The van der Waals surface area contributed by atoms with Crippen molar-refractivity contribution >= 4 is 11.7 Å². The third-order valence-corrected chi connectivity index (χ3v) is 7.60. The van der Waals surface area contributed by atoms with Gasteiger partial charge in [0.05, 0.1) is 23.5 Å². The highest BCUT2D eigenvalue weighted by Gasteiger charge is 2.29. The maximum Gasteiger partial charge on any atom is 0.232 e. The first-order chi connectivity index (χ1) is 17.7. The number of fused-ring (bicyclic) bond motifs is 3. The van der Waals surface area contributed by atoms with E-state index in [1.807, 2.05) is 6.07 Å². The first kappa shape index (κ1) is 25.2. The van der Waals surface area contributed by atoms with Gasteiger partial charge in [0, 0.05) is 18.2 Å². The molecule has 37 heavy (non-hydrogen) atoms. The van der Waals surface area contributed by atoms with E-state index in [9.17, 15) is 27.5 Å². The zero-order chi connectivity index (χ0) is 26.4. The predicted octanol–water partition coefficient (Wildman–Crippen LogP) is 5.75. The van der Waals surface area contributed by atoms with Gasteiger partial charge in [0.15, 0.2) is 29.1 Å². The molecule has 0 aliphatic heterocycles. The number of aryl methyl sites for hydroxylation is 2. The van der Waals surface area contributed by atoms with Crippen LogP contribution in [0.5, 0.6) is 5.75 Å². The predicted molar refractivity (Wildman–Crippen MR) is 130 cm³/mol. The third kappa shape index (κ3) is 4.55. The van der Waals surface area contributed by atoms with Gasteiger partial charge < -0.3 is 5.11 Å². The lowest BCUT2D eigenvalue weighted by Gasteiger charge is -2.25. The Morgan fingerprint density at radius 1 is 1.03 bits per heavy atom. The molecule has 2 aliphatic carbocycles. The molecule has 2 aliphatic rings. The Morgan fingerprint density at radius 2 is 1.73 bits per heavy atom. The number of phenols is 1. The summed E-state index contributed by atoms with van der Waals surface area (Å²) < 4.78 is 56.1. The first-order valence-corrected chi connectivity index (χ1v) is 12.5. The Bertz CT molecular complexity index is 1370. The number of carbonyl (C=O) groups is 1. The summed E-state index contributed by atoms with van der Waals surface area (Å²) in [6.07, 6.45) is 5.46. The molecule has 0 radical (unpaired) electrons. The molecule has 0 spiro atoms. The van der Waals surface area contributed by atoms with Crippen LogP contribution in [-0.4, -0.2) is 28.0 Å². The number of hydrogen-bond donors (Lipinski definition) is 1. The molecule has 0 unspecified atom stereocenters. The number of amides is 1. The number of likely N-dealkylation sites (N-methyl/N-ethyl adjacent to an activating group) is 1. The quantitative estimate of drug-likeness (QED) is 0.268. The van der Waals surface area contributed by atoms with Crippen LogP contribution < -0.4 is 4.90 Å². The summed E-state index contributed by atoms with van der Waals surface area (Å²) in [7, 11) is 1.48. The van der Waals surface area contributed by atoms with Crippen molar-refractivity contribution in [1.82, 2.24) is 9.97 Å². The molecule has 0 saturated heterocycles. The highest BCUT2D eigenvalue weighted by Crippen LogP contribution is 2.37. The fourth-order valence-corrected chi connectivity index (χ4v) is 5.43. The molecule has 1 amide bonds. The molecular formula is C28H27F4N3O2. The zero-order valence-electron chi connectivity index (χ0n) is 20.7. The lowest BCUT2D eigenvalue weighted by Crippen LogP contribution is -2.32. The van der Waals surface area contributed by atoms with Crippen LogP contribution in [0, 0.1) is 36.1 Å². The number of halogens is 4. The van der Waals surface area contributed by atoms with Gasteiger partial charge in [-0.05, 0) is 61.4 Å². The molecule has 0 atom stereocenters. The molecule has 1 N–H and O–H groups in total. The summed E-state index contributed by atoms with van der Waals surface area (Å²) in [6, 6.07) is 5.14. The van der Waals surface area contributed by atoms with Crippen LogP contribution in [-0.2, 0) is 30.5 Å². The molecule has 9 heteroatoms. The summed E-state index contributed by atoms with van der Waals surface area (Å²) in [5.41, 5.74) is 2.92. The van der Waals surface area contributed by atoms with Crippen LogP contribution in [0.3, 0.4) is 0 Å². The SMILES string of the molecule is Cc1c(F)c(F)c(F)c(F)c1CC(=O)N(C)c1nc2c(nc1CC1CCCC1)-c1ccc(O)cc1CC2. The number of phenolic OH excluding ortho intramolecular Hbond substituents is 1. The molecule has 5 nitrogen and oxygen atoms in total. The monoisotopic (exact) mass is 513 g/mol. The van der Waals surface area contributed by atoms with Gasteiger partial charge in [-0.25, -0.2) is 27.5 Å². The zero-order valence-corrected chi connectivity index (χ0v) is 20.7. The average molecular weight is 514 g/mol. The van der Waals surface area contributed by atoms with Gasteiger partial charge >= 0.3 is 0 Å². The Kier molecular flexibility index (Phi) is 6.64. The van der Waals surface area contributed by atoms with E-state index in [2.05, 4.69) is 0 Å². The molecule has 1 fully saturated rings. The number of nitrogens with zero attached hydrogens (tertiary/aromatic N) is 3. The van der Waals surface area contributed by atoms with Crippen LogP contribution in [0.2, 0.25) is 0 Å². The van der Waals surface area contributed by atoms with Crippen molar-refractivity contribution in [2.75, 3.05) is 11.9 Å². The number of aromatic hydroxyl groups is 1. The van der Waals surface area contributed by atoms with Crippen LogP contribution in [0.1, 0.15) is 53.8 Å². The van der Waals surface area contributed by atoms with Crippen molar-refractivity contribution in [3.05, 3.63) is 69.5 Å². The van der Waals surface area contributed by atoms with Crippen molar-refractivity contribution in [2.45, 2.75) is 58.3 Å². The summed E-state index contributed by atoms with van der Waals surface area (Å²) in [4.78, 5) is 24.3. The average Bonchev–Trinajstić information content (AvgIpc) is 3.40. The van der Waals surface area contributed by atoms with Gasteiger partial charge in [0.1, 0.15) is 5.75 Å².